The second kappa shape index (κ2) is 9.59. The van der Waals surface area contributed by atoms with Crippen LogP contribution in [-0.4, -0.2) is 55.2 Å². The van der Waals surface area contributed by atoms with E-state index in [1.165, 1.54) is 37.6 Å². The Kier molecular flexibility index (Phi) is 5.78. The molecule has 7 rings (SSSR count). The number of halogens is 1. The largest absolute Gasteiger partial charge is 0.497 e. The molecule has 9 heteroatoms. The first kappa shape index (κ1) is 23.5. The van der Waals surface area contributed by atoms with E-state index in [1.807, 2.05) is 36.8 Å². The van der Waals surface area contributed by atoms with Crippen molar-refractivity contribution in [3.05, 3.63) is 78.6 Å². The lowest BCUT2D eigenvalue weighted by molar-refractivity contribution is 0.331. The van der Waals surface area contributed by atoms with Gasteiger partial charge in [0.15, 0.2) is 5.65 Å². The molecule has 0 spiro atoms. The number of hydrogen-bond acceptors (Lipinski definition) is 6. The van der Waals surface area contributed by atoms with Gasteiger partial charge in [-0.15, -0.1) is 0 Å². The molecule has 1 fully saturated rings. The monoisotopic (exact) mass is 519 g/mol. The molecule has 6 aromatic rings. The van der Waals surface area contributed by atoms with E-state index in [-0.39, 0.29) is 5.82 Å². The molecule has 0 saturated carbocycles. The molecule has 0 aliphatic carbocycles. The first-order valence-electron chi connectivity index (χ1n) is 13.0. The minimum absolute atomic E-state index is 0.360. The lowest BCUT2D eigenvalue weighted by Crippen LogP contribution is -2.18. The summed E-state index contributed by atoms with van der Waals surface area (Å²) < 4.78 is 19.6. The fourth-order valence-corrected chi connectivity index (χ4v) is 5.44. The molecular formula is C30H26FN7O. The van der Waals surface area contributed by atoms with Crippen molar-refractivity contribution >= 4 is 22.1 Å². The summed E-state index contributed by atoms with van der Waals surface area (Å²) in [6, 6.07) is 12.8. The van der Waals surface area contributed by atoms with Gasteiger partial charge in [-0.3, -0.25) is 15.0 Å². The van der Waals surface area contributed by atoms with Crippen molar-refractivity contribution < 1.29 is 9.13 Å². The van der Waals surface area contributed by atoms with Crippen molar-refractivity contribution in [2.24, 2.45) is 0 Å². The van der Waals surface area contributed by atoms with Gasteiger partial charge in [0.25, 0.3) is 0 Å². The van der Waals surface area contributed by atoms with Gasteiger partial charge in [0, 0.05) is 59.3 Å². The smallest absolute Gasteiger partial charge is 0.155 e. The van der Waals surface area contributed by atoms with Crippen molar-refractivity contribution in [2.75, 3.05) is 20.2 Å². The van der Waals surface area contributed by atoms with Gasteiger partial charge in [0.1, 0.15) is 22.9 Å². The van der Waals surface area contributed by atoms with Crippen LogP contribution >= 0.6 is 0 Å². The average molecular weight is 520 g/mol. The van der Waals surface area contributed by atoms with E-state index in [9.17, 15) is 4.39 Å². The Bertz CT molecular complexity index is 1820. The minimum Gasteiger partial charge on any atom is -0.497 e. The molecule has 0 unspecified atom stereocenters. The predicted molar refractivity (Wildman–Crippen MR) is 149 cm³/mol. The normalized spacial score (nSPS) is 14.0. The summed E-state index contributed by atoms with van der Waals surface area (Å²) in [6.07, 6.45) is 9.90. The number of aromatic nitrogens is 6. The molecule has 2 N–H and O–H groups in total. The molecule has 1 aromatic carbocycles. The van der Waals surface area contributed by atoms with Gasteiger partial charge < -0.3 is 9.72 Å². The van der Waals surface area contributed by atoms with E-state index in [1.54, 1.807) is 6.20 Å². The topological polar surface area (TPSA) is 95.6 Å². The van der Waals surface area contributed by atoms with Crippen LogP contribution in [0.25, 0.3) is 55.7 Å². The molecule has 0 amide bonds. The van der Waals surface area contributed by atoms with Crippen molar-refractivity contribution in [2.45, 2.75) is 19.4 Å². The Hall–Kier alpha value is -4.63. The van der Waals surface area contributed by atoms with Crippen molar-refractivity contribution in [1.82, 2.24) is 35.0 Å². The Morgan fingerprint density at radius 1 is 0.897 bits per heavy atom. The summed E-state index contributed by atoms with van der Waals surface area (Å²) in [6.45, 7) is 3.20. The Balaban J connectivity index is 1.28. The lowest BCUT2D eigenvalue weighted by atomic mass is 10.0. The summed E-state index contributed by atoms with van der Waals surface area (Å²) >= 11 is 0. The number of fused-ring (bicyclic) bond motifs is 2. The van der Waals surface area contributed by atoms with E-state index in [2.05, 4.69) is 47.2 Å². The van der Waals surface area contributed by atoms with Gasteiger partial charge in [-0.1, -0.05) is 0 Å². The van der Waals surface area contributed by atoms with Crippen LogP contribution in [0, 0.1) is 5.82 Å². The van der Waals surface area contributed by atoms with Crippen LogP contribution in [0.5, 0.6) is 5.75 Å². The zero-order valence-corrected chi connectivity index (χ0v) is 21.4. The molecular weight excluding hydrogens is 493 g/mol. The second-order valence-electron chi connectivity index (χ2n) is 9.94. The van der Waals surface area contributed by atoms with Crippen molar-refractivity contribution in [3.8, 4) is 39.4 Å². The number of rotatable bonds is 6. The third-order valence-corrected chi connectivity index (χ3v) is 7.35. The Labute approximate surface area is 223 Å². The molecule has 1 aliphatic rings. The standard InChI is InChI=1S/C30H26FN7O/c1-39-23-10-19(9-22(31)12-23)24-4-5-33-29-25(24)13-27(35-29)28-26-11-21(16-34-30(26)37-36-28)20-8-18(14-32-15-20)17-38-6-2-3-7-38/h4-5,8-16H,2-3,6-7,17H2,1H3,(H,33,35)(H,34,36,37). The molecule has 5 aromatic heterocycles. The number of nitrogens with zero attached hydrogens (tertiary/aromatic N) is 5. The quantitative estimate of drug-likeness (QED) is 0.281. The summed E-state index contributed by atoms with van der Waals surface area (Å²) in [4.78, 5) is 19.5. The predicted octanol–water partition coefficient (Wildman–Crippen LogP) is 5.97. The maximum atomic E-state index is 14.3. The van der Waals surface area contributed by atoms with Crippen LogP contribution in [0.2, 0.25) is 0 Å². The number of methoxy groups -OCH3 is 1. The highest BCUT2D eigenvalue weighted by Gasteiger charge is 2.17. The summed E-state index contributed by atoms with van der Waals surface area (Å²) in [5.41, 5.74) is 7.66. The van der Waals surface area contributed by atoms with E-state index in [0.29, 0.717) is 22.6 Å². The number of pyridine rings is 3. The fourth-order valence-electron chi connectivity index (χ4n) is 5.44. The molecule has 8 nitrogen and oxygen atoms in total. The molecule has 6 heterocycles. The van der Waals surface area contributed by atoms with Crippen LogP contribution in [-0.2, 0) is 6.54 Å². The number of aromatic amines is 2. The molecule has 0 bridgehead atoms. The zero-order chi connectivity index (χ0) is 26.3. The van der Waals surface area contributed by atoms with E-state index in [4.69, 9.17) is 4.74 Å². The number of ether oxygens (including phenoxy) is 1. The zero-order valence-electron chi connectivity index (χ0n) is 21.4. The van der Waals surface area contributed by atoms with Gasteiger partial charge in [0.05, 0.1) is 12.8 Å². The maximum Gasteiger partial charge on any atom is 0.155 e. The first-order chi connectivity index (χ1) is 19.1. The Morgan fingerprint density at radius 2 is 1.77 bits per heavy atom. The van der Waals surface area contributed by atoms with Crippen molar-refractivity contribution in [1.29, 1.82) is 0 Å². The fraction of sp³-hybridized carbons (Fsp3) is 0.200. The van der Waals surface area contributed by atoms with Crippen LogP contribution in [0.3, 0.4) is 0 Å². The van der Waals surface area contributed by atoms with Gasteiger partial charge in [-0.05, 0) is 79.0 Å². The molecule has 194 valence electrons. The molecule has 0 atom stereocenters. The van der Waals surface area contributed by atoms with Gasteiger partial charge >= 0.3 is 0 Å². The first-order valence-corrected chi connectivity index (χ1v) is 13.0. The highest BCUT2D eigenvalue weighted by atomic mass is 19.1. The van der Waals surface area contributed by atoms with E-state index in [0.717, 1.165) is 58.5 Å². The number of nitrogens with one attached hydrogen (secondary N) is 2. The lowest BCUT2D eigenvalue weighted by Gasteiger charge is -2.14. The second-order valence-corrected chi connectivity index (χ2v) is 9.94. The highest BCUT2D eigenvalue weighted by molar-refractivity contribution is 5.99. The summed E-state index contributed by atoms with van der Waals surface area (Å²) in [5.74, 6) is 0.0996. The number of likely N-dealkylation sites (tertiary alicyclic amines) is 1. The average Bonchev–Trinajstić information content (AvgIpc) is 3.72. The third kappa shape index (κ3) is 4.40. The minimum atomic E-state index is -0.360. The van der Waals surface area contributed by atoms with Crippen LogP contribution in [0.4, 0.5) is 4.39 Å². The summed E-state index contributed by atoms with van der Waals surface area (Å²) in [5, 5.41) is 9.37. The van der Waals surface area contributed by atoms with Crippen LogP contribution in [0.1, 0.15) is 18.4 Å². The molecule has 1 aliphatic heterocycles. The molecule has 39 heavy (non-hydrogen) atoms. The van der Waals surface area contributed by atoms with Gasteiger partial charge in [-0.25, -0.2) is 14.4 Å². The van der Waals surface area contributed by atoms with Gasteiger partial charge in [0.2, 0.25) is 0 Å². The Morgan fingerprint density at radius 3 is 2.64 bits per heavy atom. The number of H-pyrrole nitrogens is 2. The molecule has 1 saturated heterocycles. The molecule has 0 radical (unpaired) electrons. The maximum absolute atomic E-state index is 14.3. The number of benzene rings is 1. The SMILES string of the molecule is COc1cc(F)cc(-c2ccnc3[nH]c(-c4n[nH]c5ncc(-c6cncc(CN7CCCC7)c6)cc45)cc23)c1. The van der Waals surface area contributed by atoms with Crippen LogP contribution < -0.4 is 4.74 Å². The van der Waals surface area contributed by atoms with Crippen molar-refractivity contribution in [3.63, 3.8) is 0 Å². The highest BCUT2D eigenvalue weighted by Crippen LogP contribution is 2.35. The van der Waals surface area contributed by atoms with E-state index < -0.39 is 0 Å². The number of hydrogen-bond donors (Lipinski definition) is 2. The van der Waals surface area contributed by atoms with Gasteiger partial charge in [-0.2, -0.15) is 5.10 Å². The third-order valence-electron chi connectivity index (χ3n) is 7.35. The van der Waals surface area contributed by atoms with Crippen LogP contribution in [0.15, 0.2) is 67.3 Å². The summed E-state index contributed by atoms with van der Waals surface area (Å²) in [7, 11) is 1.53. The van der Waals surface area contributed by atoms with E-state index >= 15 is 0 Å².